The number of nitrogens with zero attached hydrogens (tertiary/aromatic N) is 3. The fraction of sp³-hybridized carbons (Fsp3) is 0.421. The van der Waals surface area contributed by atoms with Gasteiger partial charge in [0.05, 0.1) is 40.5 Å². The number of aryl methyl sites for hydroxylation is 3. The summed E-state index contributed by atoms with van der Waals surface area (Å²) >= 11 is 1.50. The third kappa shape index (κ3) is 7.24. The Bertz CT molecular complexity index is 1910. The number of aromatic nitrogens is 3. The highest BCUT2D eigenvalue weighted by Gasteiger charge is 2.29. The minimum absolute atomic E-state index is 0.291. The molecule has 5 heterocycles. The zero-order chi connectivity index (χ0) is 33.8. The minimum atomic E-state index is -0.512. The average Bonchev–Trinajstić information content (AvgIpc) is 3.84. The van der Waals surface area contributed by atoms with E-state index in [1.165, 1.54) is 41.7 Å². The van der Waals surface area contributed by atoms with Gasteiger partial charge >= 0.3 is 0 Å². The van der Waals surface area contributed by atoms with Crippen molar-refractivity contribution in [3.05, 3.63) is 76.6 Å². The zero-order valence-electron chi connectivity index (χ0n) is 28.3. The quantitative estimate of drug-likeness (QED) is 0.163. The second kappa shape index (κ2) is 14.9. The number of nitrogens with two attached hydrogens (primary N) is 2. The largest absolute Gasteiger partial charge is 0.496 e. The number of amides is 1. The number of methoxy groups -OCH3 is 1. The van der Waals surface area contributed by atoms with Gasteiger partial charge in [0.2, 0.25) is 5.89 Å². The molecule has 252 valence electrons. The molecule has 10 heteroatoms. The first-order valence-corrected chi connectivity index (χ1v) is 17.7. The van der Waals surface area contributed by atoms with Gasteiger partial charge in [-0.1, -0.05) is 26.0 Å². The number of primary amides is 1. The van der Waals surface area contributed by atoms with Crippen LogP contribution in [0, 0.1) is 18.8 Å². The molecule has 0 bridgehead atoms. The summed E-state index contributed by atoms with van der Waals surface area (Å²) in [6.07, 6.45) is 11.5. The highest BCUT2D eigenvalue weighted by Crippen LogP contribution is 2.44. The molecule has 4 N–H and O–H groups in total. The fourth-order valence-electron chi connectivity index (χ4n) is 6.88. The number of carbonyl (C=O) groups excluding carboxylic acids is 1. The molecule has 1 amide bonds. The molecule has 1 aromatic carbocycles. The maximum absolute atomic E-state index is 13.1. The van der Waals surface area contributed by atoms with E-state index in [4.69, 9.17) is 30.3 Å². The molecule has 0 spiro atoms. The summed E-state index contributed by atoms with van der Waals surface area (Å²) in [4.78, 5) is 27.9. The van der Waals surface area contributed by atoms with E-state index in [1.807, 2.05) is 25.1 Å². The third-order valence-electron chi connectivity index (χ3n) is 9.19. The van der Waals surface area contributed by atoms with Crippen molar-refractivity contribution in [2.24, 2.45) is 17.6 Å². The standard InChI is InChI=1S/C28H33N5O3S.C10H12O/c1-15(2)12-20-22(27(30)34)24(21-13-18-6-9-31-26(29)25(18)37-21)23(28-32-14-16(3)36-28)19(33-20)5-4-17-7-10-35-11-8-17;1-11-10-7-3-5-8-4-2-6-9(8)10/h6,9,13-15,17H,4-5,7-8,10-12H2,1-3H3,(H2,29,31)(H2,30,34);3,5,7H,2,4,6H2,1H3. The predicted molar refractivity (Wildman–Crippen MR) is 191 cm³/mol. The lowest BCUT2D eigenvalue weighted by atomic mass is 9.89. The molecule has 5 aromatic rings. The van der Waals surface area contributed by atoms with Gasteiger partial charge in [-0.05, 0) is 105 Å². The number of oxazole rings is 1. The Labute approximate surface area is 286 Å². The summed E-state index contributed by atoms with van der Waals surface area (Å²) in [5.41, 5.74) is 18.7. The molecule has 9 nitrogen and oxygen atoms in total. The Hall–Kier alpha value is -4.28. The summed E-state index contributed by atoms with van der Waals surface area (Å²) in [5, 5.41) is 0.962. The number of pyridine rings is 2. The molecular formula is C38H45N5O4S. The number of benzene rings is 1. The van der Waals surface area contributed by atoms with Crippen LogP contribution < -0.4 is 16.2 Å². The van der Waals surface area contributed by atoms with E-state index in [-0.39, 0.29) is 0 Å². The van der Waals surface area contributed by atoms with Crippen molar-refractivity contribution in [1.29, 1.82) is 0 Å². The smallest absolute Gasteiger partial charge is 0.251 e. The van der Waals surface area contributed by atoms with Crippen LogP contribution in [-0.4, -0.2) is 41.2 Å². The first kappa shape index (κ1) is 33.6. The normalized spacial score (nSPS) is 14.6. The number of nitrogen functional groups attached to an aromatic ring is 1. The number of hydrogen-bond donors (Lipinski definition) is 2. The zero-order valence-corrected chi connectivity index (χ0v) is 29.1. The Morgan fingerprint density at radius 3 is 2.60 bits per heavy atom. The molecular weight excluding hydrogens is 623 g/mol. The first-order valence-electron chi connectivity index (χ1n) is 16.9. The van der Waals surface area contributed by atoms with E-state index in [2.05, 4.69) is 35.9 Å². The van der Waals surface area contributed by atoms with E-state index in [9.17, 15) is 4.79 Å². The van der Waals surface area contributed by atoms with Crippen molar-refractivity contribution in [3.8, 4) is 27.6 Å². The van der Waals surface area contributed by atoms with Gasteiger partial charge in [0.1, 0.15) is 17.3 Å². The Morgan fingerprint density at radius 2 is 1.92 bits per heavy atom. The van der Waals surface area contributed by atoms with Crippen LogP contribution in [0.25, 0.3) is 32.0 Å². The molecule has 2 aliphatic rings. The van der Waals surface area contributed by atoms with Gasteiger partial charge in [-0.3, -0.25) is 9.78 Å². The summed E-state index contributed by atoms with van der Waals surface area (Å²) in [6.45, 7) is 7.69. The number of anilines is 1. The second-order valence-corrected chi connectivity index (χ2v) is 14.2. The Balaban J connectivity index is 0.000000307. The molecule has 7 rings (SSSR count). The Morgan fingerprint density at radius 1 is 1.10 bits per heavy atom. The fourth-order valence-corrected chi connectivity index (χ4v) is 7.99. The number of ether oxygens (including phenoxy) is 2. The average molecular weight is 668 g/mol. The van der Waals surface area contributed by atoms with Crippen LogP contribution in [0.4, 0.5) is 5.82 Å². The van der Waals surface area contributed by atoms with Crippen molar-refractivity contribution in [1.82, 2.24) is 15.0 Å². The van der Waals surface area contributed by atoms with Crippen LogP contribution in [-0.2, 0) is 30.4 Å². The monoisotopic (exact) mass is 667 g/mol. The number of rotatable bonds is 9. The number of thiophene rings is 1. The van der Waals surface area contributed by atoms with E-state index in [0.29, 0.717) is 41.3 Å². The molecule has 1 saturated heterocycles. The van der Waals surface area contributed by atoms with Crippen LogP contribution in [0.15, 0.2) is 47.1 Å². The van der Waals surface area contributed by atoms with Crippen molar-refractivity contribution in [2.45, 2.75) is 72.1 Å². The van der Waals surface area contributed by atoms with E-state index in [0.717, 1.165) is 82.1 Å². The van der Waals surface area contributed by atoms with Gasteiger partial charge in [0.15, 0.2) is 0 Å². The molecule has 1 fully saturated rings. The van der Waals surface area contributed by atoms with Gasteiger partial charge in [0.25, 0.3) is 5.91 Å². The highest BCUT2D eigenvalue weighted by molar-refractivity contribution is 7.22. The molecule has 4 aromatic heterocycles. The van der Waals surface area contributed by atoms with E-state index in [1.54, 1.807) is 19.5 Å². The lowest BCUT2D eigenvalue weighted by molar-refractivity contribution is 0.0639. The van der Waals surface area contributed by atoms with Crippen LogP contribution >= 0.6 is 11.3 Å². The number of fused-ring (bicyclic) bond motifs is 2. The van der Waals surface area contributed by atoms with Gasteiger partial charge in [-0.2, -0.15) is 0 Å². The lowest BCUT2D eigenvalue weighted by Crippen LogP contribution is -2.20. The molecule has 1 aliphatic carbocycles. The summed E-state index contributed by atoms with van der Waals surface area (Å²) in [6, 6.07) is 10.3. The first-order chi connectivity index (χ1) is 23.2. The third-order valence-corrected chi connectivity index (χ3v) is 10.4. The second-order valence-electron chi connectivity index (χ2n) is 13.1. The maximum atomic E-state index is 13.1. The van der Waals surface area contributed by atoms with Gasteiger partial charge in [-0.15, -0.1) is 11.3 Å². The summed E-state index contributed by atoms with van der Waals surface area (Å²) in [5.74, 6) is 3.01. The van der Waals surface area contributed by atoms with E-state index < -0.39 is 5.91 Å². The molecule has 48 heavy (non-hydrogen) atoms. The van der Waals surface area contributed by atoms with Crippen LogP contribution in [0.2, 0.25) is 0 Å². The van der Waals surface area contributed by atoms with E-state index >= 15 is 0 Å². The summed E-state index contributed by atoms with van der Waals surface area (Å²) < 4.78 is 17.7. The van der Waals surface area contributed by atoms with Crippen molar-refractivity contribution >= 4 is 33.1 Å². The topological polar surface area (TPSA) is 139 Å². The SMILES string of the molecule is COc1cccc2c1CCC2.Cc1cnc(-c2c(CCC3CCOCC3)nc(CC(C)C)c(C(N)=O)c2-c2cc3ccnc(N)c3s2)o1. The van der Waals surface area contributed by atoms with Crippen LogP contribution in [0.5, 0.6) is 5.75 Å². The summed E-state index contributed by atoms with van der Waals surface area (Å²) in [7, 11) is 1.74. The Kier molecular flexibility index (Phi) is 10.4. The van der Waals surface area contributed by atoms with Crippen molar-refractivity contribution in [2.75, 3.05) is 26.1 Å². The van der Waals surface area contributed by atoms with Gasteiger partial charge < -0.3 is 25.4 Å². The van der Waals surface area contributed by atoms with Gasteiger partial charge in [-0.25, -0.2) is 9.97 Å². The predicted octanol–water partition coefficient (Wildman–Crippen LogP) is 7.74. The molecule has 0 atom stereocenters. The van der Waals surface area contributed by atoms with Crippen molar-refractivity contribution in [3.63, 3.8) is 0 Å². The van der Waals surface area contributed by atoms with Gasteiger partial charge in [0, 0.05) is 29.9 Å². The highest BCUT2D eigenvalue weighted by atomic mass is 32.1. The number of hydrogen-bond acceptors (Lipinski definition) is 9. The molecule has 1 aliphatic heterocycles. The maximum Gasteiger partial charge on any atom is 0.251 e. The van der Waals surface area contributed by atoms with Crippen LogP contribution in [0.3, 0.4) is 0 Å². The molecule has 0 saturated carbocycles. The lowest BCUT2D eigenvalue weighted by Gasteiger charge is -2.23. The van der Waals surface area contributed by atoms with Crippen molar-refractivity contribution < 1.29 is 18.7 Å². The molecule has 0 radical (unpaired) electrons. The molecule has 0 unspecified atom stereocenters. The van der Waals surface area contributed by atoms with Crippen LogP contribution in [0.1, 0.15) is 78.2 Å². The number of carbonyl (C=O) groups is 1. The minimum Gasteiger partial charge on any atom is -0.496 e.